The van der Waals surface area contributed by atoms with Crippen LogP contribution in [0.3, 0.4) is 0 Å². The third kappa shape index (κ3) is 5.30. The zero-order chi connectivity index (χ0) is 8.15. The second-order valence-corrected chi connectivity index (χ2v) is 2.56. The first kappa shape index (κ1) is 9.16. The highest BCUT2D eigenvalue weighted by atomic mass is 32.1. The Balaban J connectivity index is 3.54. The highest BCUT2D eigenvalue weighted by Crippen LogP contribution is 1.74. The Morgan fingerprint density at radius 3 is 2.40 bits per heavy atom. The van der Waals surface area contributed by atoms with Gasteiger partial charge < -0.3 is 11.1 Å². The van der Waals surface area contributed by atoms with Crippen molar-refractivity contribution in [1.82, 2.24) is 10.6 Å². The van der Waals surface area contributed by atoms with Crippen LogP contribution in [0.1, 0.15) is 13.8 Å². The third-order valence-electron chi connectivity index (χ3n) is 0.657. The van der Waals surface area contributed by atoms with Crippen molar-refractivity contribution in [3.63, 3.8) is 0 Å². The van der Waals surface area contributed by atoms with Crippen LogP contribution in [-0.2, 0) is 0 Å². The monoisotopic (exact) mass is 161 g/mol. The van der Waals surface area contributed by atoms with Gasteiger partial charge in [0.2, 0.25) is 0 Å². The molecule has 0 spiro atoms. The zero-order valence-corrected chi connectivity index (χ0v) is 6.79. The summed E-state index contributed by atoms with van der Waals surface area (Å²) in [5, 5.41) is 4.77. The van der Waals surface area contributed by atoms with Crippen LogP contribution in [0.25, 0.3) is 0 Å². The van der Waals surface area contributed by atoms with E-state index in [0.29, 0.717) is 0 Å². The van der Waals surface area contributed by atoms with E-state index >= 15 is 0 Å². The van der Waals surface area contributed by atoms with Crippen LogP contribution in [0, 0.1) is 0 Å². The van der Waals surface area contributed by atoms with Gasteiger partial charge in [-0.25, -0.2) is 4.79 Å². The van der Waals surface area contributed by atoms with E-state index < -0.39 is 0 Å². The van der Waals surface area contributed by atoms with Gasteiger partial charge in [-0.2, -0.15) is 0 Å². The van der Waals surface area contributed by atoms with Crippen LogP contribution in [0.4, 0.5) is 4.79 Å². The maximum absolute atomic E-state index is 10.7. The number of nitrogens with two attached hydrogens (primary N) is 1. The van der Waals surface area contributed by atoms with Gasteiger partial charge in [0, 0.05) is 6.04 Å². The van der Waals surface area contributed by atoms with Gasteiger partial charge in [0.25, 0.3) is 0 Å². The molecule has 0 saturated carbocycles. The number of hydrogen-bond donors (Lipinski definition) is 3. The summed E-state index contributed by atoms with van der Waals surface area (Å²) in [5.74, 6) is 0. The normalized spacial score (nSPS) is 9.10. The summed E-state index contributed by atoms with van der Waals surface area (Å²) in [6, 6.07) is -0.267. The van der Waals surface area contributed by atoms with Crippen LogP contribution in [0.5, 0.6) is 0 Å². The molecule has 0 atom stereocenters. The number of urea groups is 1. The fourth-order valence-electron chi connectivity index (χ4n) is 0.410. The van der Waals surface area contributed by atoms with Crippen molar-refractivity contribution in [2.45, 2.75) is 19.9 Å². The van der Waals surface area contributed by atoms with Gasteiger partial charge in [-0.1, -0.05) is 0 Å². The predicted octanol–water partition coefficient (Wildman–Crippen LogP) is -0.0624. The molecule has 4 nitrogen and oxygen atoms in total. The molecule has 4 N–H and O–H groups in total. The minimum absolute atomic E-state index is 0.0156. The maximum atomic E-state index is 10.7. The number of thiocarbonyl (C=S) groups is 1. The van der Waals surface area contributed by atoms with Crippen LogP contribution in [0.2, 0.25) is 0 Å². The molecule has 0 aromatic carbocycles. The van der Waals surface area contributed by atoms with Crippen molar-refractivity contribution in [2.75, 3.05) is 0 Å². The molecule has 0 heterocycles. The van der Waals surface area contributed by atoms with Crippen LogP contribution in [0.15, 0.2) is 0 Å². The topological polar surface area (TPSA) is 67.2 Å². The van der Waals surface area contributed by atoms with Crippen molar-refractivity contribution in [3.8, 4) is 0 Å². The molecule has 0 saturated heterocycles. The Labute approximate surface area is 65.2 Å². The van der Waals surface area contributed by atoms with E-state index in [1.807, 2.05) is 13.8 Å². The van der Waals surface area contributed by atoms with Crippen molar-refractivity contribution < 1.29 is 4.79 Å². The molecule has 58 valence electrons. The smallest absolute Gasteiger partial charge is 0.321 e. The molecule has 0 fully saturated rings. The summed E-state index contributed by atoms with van der Waals surface area (Å²) >= 11 is 4.43. The summed E-state index contributed by atoms with van der Waals surface area (Å²) in [4.78, 5) is 10.7. The van der Waals surface area contributed by atoms with E-state index in [1.54, 1.807) is 0 Å². The highest BCUT2D eigenvalue weighted by molar-refractivity contribution is 7.80. The Morgan fingerprint density at radius 1 is 1.60 bits per heavy atom. The fraction of sp³-hybridized carbons (Fsp3) is 0.600. The van der Waals surface area contributed by atoms with Gasteiger partial charge in [0.1, 0.15) is 0 Å². The van der Waals surface area contributed by atoms with Gasteiger partial charge in [-0.15, -0.1) is 0 Å². The summed E-state index contributed by atoms with van der Waals surface area (Å²) in [5.41, 5.74) is 5.03. The summed E-state index contributed by atoms with van der Waals surface area (Å²) in [6.07, 6.45) is 0. The SMILES string of the molecule is CC(C)NC(=O)NC(N)=S. The lowest BCUT2D eigenvalue weighted by Crippen LogP contribution is -2.44. The van der Waals surface area contributed by atoms with Crippen molar-refractivity contribution in [2.24, 2.45) is 5.73 Å². The molecule has 10 heavy (non-hydrogen) atoms. The van der Waals surface area contributed by atoms with Crippen molar-refractivity contribution in [3.05, 3.63) is 0 Å². The van der Waals surface area contributed by atoms with Gasteiger partial charge in [0.15, 0.2) is 5.11 Å². The molecule has 2 amide bonds. The lowest BCUT2D eigenvalue weighted by atomic mass is 10.4. The number of hydrogen-bond acceptors (Lipinski definition) is 2. The fourth-order valence-corrected chi connectivity index (χ4v) is 0.503. The van der Waals surface area contributed by atoms with Crippen LogP contribution >= 0.6 is 12.2 Å². The predicted molar refractivity (Wildman–Crippen MR) is 43.6 cm³/mol. The van der Waals surface area contributed by atoms with Crippen LogP contribution < -0.4 is 16.4 Å². The minimum atomic E-state index is -0.359. The lowest BCUT2D eigenvalue weighted by Gasteiger charge is -2.07. The first-order valence-corrected chi connectivity index (χ1v) is 3.30. The summed E-state index contributed by atoms with van der Waals surface area (Å²) in [7, 11) is 0. The molecule has 0 aromatic rings. The molecule has 0 aliphatic carbocycles. The molecule has 0 rings (SSSR count). The molecule has 0 radical (unpaired) electrons. The lowest BCUT2D eigenvalue weighted by molar-refractivity contribution is 0.243. The first-order chi connectivity index (χ1) is 4.52. The molecular weight excluding hydrogens is 150 g/mol. The van der Waals surface area contributed by atoms with Gasteiger partial charge in [-0.3, -0.25) is 5.32 Å². The molecular formula is C5H11N3OS. The van der Waals surface area contributed by atoms with E-state index in [4.69, 9.17) is 5.73 Å². The quantitative estimate of drug-likeness (QED) is 0.472. The second-order valence-electron chi connectivity index (χ2n) is 2.12. The number of rotatable bonds is 1. The Kier molecular flexibility index (Phi) is 3.71. The summed E-state index contributed by atoms with van der Waals surface area (Å²) in [6.45, 7) is 3.69. The molecule has 5 heteroatoms. The maximum Gasteiger partial charge on any atom is 0.321 e. The van der Waals surface area contributed by atoms with Gasteiger partial charge in [0.05, 0.1) is 0 Å². The van der Waals surface area contributed by atoms with E-state index in [1.165, 1.54) is 0 Å². The van der Waals surface area contributed by atoms with Gasteiger partial charge >= 0.3 is 6.03 Å². The van der Waals surface area contributed by atoms with E-state index in [9.17, 15) is 4.79 Å². The number of amides is 2. The largest absolute Gasteiger partial charge is 0.376 e. The van der Waals surface area contributed by atoms with E-state index in [2.05, 4.69) is 22.9 Å². The number of carbonyl (C=O) groups excluding carboxylic acids is 1. The van der Waals surface area contributed by atoms with E-state index in [-0.39, 0.29) is 17.2 Å². The zero-order valence-electron chi connectivity index (χ0n) is 5.97. The minimum Gasteiger partial charge on any atom is -0.376 e. The van der Waals surface area contributed by atoms with Crippen LogP contribution in [-0.4, -0.2) is 17.2 Å². The Bertz CT molecular complexity index is 146. The third-order valence-corrected chi connectivity index (χ3v) is 0.759. The second kappa shape index (κ2) is 4.05. The average Bonchev–Trinajstić information content (AvgIpc) is 1.58. The standard InChI is InChI=1S/C5H11N3OS/c1-3(2)7-5(9)8-4(6)10/h3H,1-2H3,(H4,6,7,8,9,10). The number of nitrogens with one attached hydrogen (secondary N) is 2. The number of carbonyl (C=O) groups is 1. The molecule has 0 unspecified atom stereocenters. The summed E-state index contributed by atoms with van der Waals surface area (Å²) < 4.78 is 0. The molecule has 0 aliphatic rings. The Morgan fingerprint density at radius 2 is 2.10 bits per heavy atom. The molecule has 0 bridgehead atoms. The molecule has 0 aromatic heterocycles. The highest BCUT2D eigenvalue weighted by Gasteiger charge is 2.00. The van der Waals surface area contributed by atoms with Crippen molar-refractivity contribution in [1.29, 1.82) is 0 Å². The van der Waals surface area contributed by atoms with Crippen molar-refractivity contribution >= 4 is 23.4 Å². The van der Waals surface area contributed by atoms with Gasteiger partial charge in [-0.05, 0) is 26.1 Å². The first-order valence-electron chi connectivity index (χ1n) is 2.89. The Hall–Kier alpha value is -0.840. The van der Waals surface area contributed by atoms with E-state index in [0.717, 1.165) is 0 Å². The average molecular weight is 161 g/mol. The molecule has 0 aliphatic heterocycles.